The van der Waals surface area contributed by atoms with Crippen molar-refractivity contribution in [1.82, 2.24) is 14.7 Å². The Labute approximate surface area is 170 Å². The molecule has 4 rings (SSSR count). The number of amides is 2. The van der Waals surface area contributed by atoms with E-state index < -0.39 is 18.0 Å². The Morgan fingerprint density at radius 2 is 2.23 bits per heavy atom. The van der Waals surface area contributed by atoms with Gasteiger partial charge in [0.2, 0.25) is 5.91 Å². The zero-order chi connectivity index (χ0) is 21.3. The van der Waals surface area contributed by atoms with Gasteiger partial charge in [-0.3, -0.25) is 9.69 Å². The molecule has 10 heteroatoms. The molecule has 9 nitrogen and oxygen atoms in total. The molecule has 0 radical (unpaired) electrons. The van der Waals surface area contributed by atoms with Crippen LogP contribution in [0.2, 0.25) is 0 Å². The molecule has 0 saturated carbocycles. The first kappa shape index (κ1) is 19.4. The van der Waals surface area contributed by atoms with Crippen LogP contribution >= 0.6 is 0 Å². The summed E-state index contributed by atoms with van der Waals surface area (Å²) in [5.41, 5.74) is 2.43. The number of halogens is 1. The number of ether oxygens (including phenoxy) is 1. The highest BCUT2D eigenvalue weighted by Crippen LogP contribution is 2.29. The summed E-state index contributed by atoms with van der Waals surface area (Å²) in [5, 5.41) is 14.2. The summed E-state index contributed by atoms with van der Waals surface area (Å²) in [4.78, 5) is 28.7. The molecule has 1 fully saturated rings. The number of cyclic esters (lactones) is 1. The number of carbonyl (C=O) groups is 2. The molecule has 1 aromatic carbocycles. The monoisotopic (exact) mass is 411 g/mol. The maximum Gasteiger partial charge on any atom is 0.414 e. The van der Waals surface area contributed by atoms with Crippen molar-refractivity contribution >= 4 is 29.5 Å². The first-order valence-corrected chi connectivity index (χ1v) is 9.13. The molecule has 30 heavy (non-hydrogen) atoms. The first-order chi connectivity index (χ1) is 14.4. The van der Waals surface area contributed by atoms with Crippen LogP contribution in [0.1, 0.15) is 12.6 Å². The maximum absolute atomic E-state index is 14.9. The van der Waals surface area contributed by atoms with Gasteiger partial charge in [0.15, 0.2) is 0 Å². The molecule has 3 aromatic rings. The van der Waals surface area contributed by atoms with Gasteiger partial charge < -0.3 is 19.7 Å². The van der Waals surface area contributed by atoms with Crippen LogP contribution in [0.3, 0.4) is 0 Å². The van der Waals surface area contributed by atoms with Gasteiger partial charge in [-0.05, 0) is 30.3 Å². The fraction of sp³-hybridized carbons (Fsp3) is 0.200. The number of nitrogens with zero attached hydrogens (tertiary/aromatic N) is 4. The van der Waals surface area contributed by atoms with E-state index in [1.807, 2.05) is 0 Å². The SMILES string of the molecule is CC(=O)NC[C@H]1CN(c2ccc(-c3ccc4nc(C=NO)cn4c3)c(F)c2)C(=O)O1. The van der Waals surface area contributed by atoms with E-state index in [0.717, 1.165) is 0 Å². The topological polar surface area (TPSA) is 109 Å². The van der Waals surface area contributed by atoms with Crippen LogP contribution in [0.5, 0.6) is 0 Å². The van der Waals surface area contributed by atoms with Crippen LogP contribution < -0.4 is 10.2 Å². The third-order valence-corrected chi connectivity index (χ3v) is 4.69. The van der Waals surface area contributed by atoms with Gasteiger partial charge in [-0.15, -0.1) is 0 Å². The van der Waals surface area contributed by atoms with E-state index in [2.05, 4.69) is 15.5 Å². The molecule has 0 spiro atoms. The Bertz CT molecular complexity index is 1160. The number of oxime groups is 1. The van der Waals surface area contributed by atoms with E-state index in [1.54, 1.807) is 41.1 Å². The van der Waals surface area contributed by atoms with Crippen molar-refractivity contribution in [2.75, 3.05) is 18.0 Å². The lowest BCUT2D eigenvalue weighted by Gasteiger charge is -2.14. The van der Waals surface area contributed by atoms with Gasteiger partial charge in [0.1, 0.15) is 23.3 Å². The Morgan fingerprint density at radius 1 is 1.40 bits per heavy atom. The highest BCUT2D eigenvalue weighted by atomic mass is 19.1. The lowest BCUT2D eigenvalue weighted by atomic mass is 10.1. The second-order valence-electron chi connectivity index (χ2n) is 6.81. The van der Waals surface area contributed by atoms with E-state index in [1.165, 1.54) is 24.1 Å². The van der Waals surface area contributed by atoms with E-state index >= 15 is 0 Å². The number of imidazole rings is 1. The minimum Gasteiger partial charge on any atom is -0.442 e. The maximum atomic E-state index is 14.9. The lowest BCUT2D eigenvalue weighted by molar-refractivity contribution is -0.119. The van der Waals surface area contributed by atoms with Crippen molar-refractivity contribution in [3.8, 4) is 11.1 Å². The fourth-order valence-corrected chi connectivity index (χ4v) is 3.29. The Morgan fingerprint density at radius 3 is 2.97 bits per heavy atom. The number of aromatic nitrogens is 2. The van der Waals surface area contributed by atoms with Gasteiger partial charge in [0.05, 0.1) is 25.0 Å². The Hall–Kier alpha value is -3.95. The number of hydrogen-bond donors (Lipinski definition) is 2. The molecule has 1 saturated heterocycles. The van der Waals surface area contributed by atoms with Crippen molar-refractivity contribution in [2.24, 2.45) is 5.16 Å². The molecule has 2 amide bonds. The van der Waals surface area contributed by atoms with E-state index in [-0.39, 0.29) is 19.0 Å². The van der Waals surface area contributed by atoms with Crippen molar-refractivity contribution in [1.29, 1.82) is 0 Å². The molecular weight excluding hydrogens is 393 g/mol. The fourth-order valence-electron chi connectivity index (χ4n) is 3.29. The molecule has 3 heterocycles. The number of pyridine rings is 1. The number of rotatable bonds is 5. The second kappa shape index (κ2) is 7.82. The summed E-state index contributed by atoms with van der Waals surface area (Å²) in [7, 11) is 0. The summed E-state index contributed by atoms with van der Waals surface area (Å²) in [6, 6.07) is 7.96. The van der Waals surface area contributed by atoms with Crippen molar-refractivity contribution in [3.63, 3.8) is 0 Å². The average molecular weight is 411 g/mol. The van der Waals surface area contributed by atoms with Crippen molar-refractivity contribution in [2.45, 2.75) is 13.0 Å². The molecule has 1 aliphatic heterocycles. The van der Waals surface area contributed by atoms with Gasteiger partial charge in [-0.2, -0.15) is 0 Å². The number of fused-ring (bicyclic) bond motifs is 1. The lowest BCUT2D eigenvalue weighted by Crippen LogP contribution is -2.33. The molecule has 1 aliphatic rings. The number of carbonyl (C=O) groups excluding carboxylic acids is 2. The van der Waals surface area contributed by atoms with E-state index in [0.29, 0.717) is 28.2 Å². The highest BCUT2D eigenvalue weighted by molar-refractivity contribution is 5.90. The number of hydrogen-bond acceptors (Lipinski definition) is 6. The Kier molecular flexibility index (Phi) is 5.05. The summed E-state index contributed by atoms with van der Waals surface area (Å²) in [5.74, 6) is -0.715. The Balaban J connectivity index is 1.57. The highest BCUT2D eigenvalue weighted by Gasteiger charge is 2.32. The largest absolute Gasteiger partial charge is 0.442 e. The van der Waals surface area contributed by atoms with Crippen LogP contribution in [0.4, 0.5) is 14.9 Å². The minimum atomic E-state index is -0.588. The smallest absolute Gasteiger partial charge is 0.414 e. The molecule has 154 valence electrons. The minimum absolute atomic E-state index is 0.200. The van der Waals surface area contributed by atoms with Crippen LogP contribution in [-0.2, 0) is 9.53 Å². The zero-order valence-corrected chi connectivity index (χ0v) is 15.9. The normalized spacial score (nSPS) is 16.4. The van der Waals surface area contributed by atoms with Gasteiger partial charge in [-0.1, -0.05) is 5.16 Å². The average Bonchev–Trinajstić information content (AvgIpc) is 3.28. The molecule has 0 aliphatic carbocycles. The van der Waals surface area contributed by atoms with Crippen LogP contribution in [0, 0.1) is 5.82 Å². The van der Waals surface area contributed by atoms with E-state index in [9.17, 15) is 14.0 Å². The van der Waals surface area contributed by atoms with Gasteiger partial charge in [0, 0.05) is 30.4 Å². The molecule has 0 bridgehead atoms. The second-order valence-corrected chi connectivity index (χ2v) is 6.81. The molecular formula is C20H18FN5O4. The van der Waals surface area contributed by atoms with Gasteiger partial charge in [-0.25, -0.2) is 14.2 Å². The standard InChI is InChI=1S/C20H18FN5O4/c1-12(27)22-8-16-11-26(20(28)30-16)15-3-4-17(18(21)6-15)13-2-5-19-24-14(7-23-29)10-25(19)9-13/h2-7,9-10,16,29H,8,11H2,1H3,(H,22,27)/t16-/m0/s1. The van der Waals surface area contributed by atoms with Crippen LogP contribution in [0.25, 0.3) is 16.8 Å². The summed E-state index contributed by atoms with van der Waals surface area (Å²) < 4.78 is 21.8. The molecule has 1 atom stereocenters. The molecule has 0 unspecified atom stereocenters. The van der Waals surface area contributed by atoms with Crippen molar-refractivity contribution < 1.29 is 23.9 Å². The summed E-state index contributed by atoms with van der Waals surface area (Å²) in [6.07, 6.45) is 3.49. The summed E-state index contributed by atoms with van der Waals surface area (Å²) >= 11 is 0. The van der Waals surface area contributed by atoms with E-state index in [4.69, 9.17) is 9.94 Å². The third-order valence-electron chi connectivity index (χ3n) is 4.69. The number of anilines is 1. The predicted octanol–water partition coefficient (Wildman–Crippen LogP) is 2.41. The zero-order valence-electron chi connectivity index (χ0n) is 15.9. The quantitative estimate of drug-likeness (QED) is 0.381. The molecule has 2 aromatic heterocycles. The number of benzene rings is 1. The predicted molar refractivity (Wildman–Crippen MR) is 106 cm³/mol. The molecule has 2 N–H and O–H groups in total. The van der Waals surface area contributed by atoms with Crippen molar-refractivity contribution in [3.05, 3.63) is 54.2 Å². The van der Waals surface area contributed by atoms with Gasteiger partial charge >= 0.3 is 6.09 Å². The van der Waals surface area contributed by atoms with Gasteiger partial charge in [0.25, 0.3) is 0 Å². The number of nitrogens with one attached hydrogen (secondary N) is 1. The van der Waals surface area contributed by atoms with Crippen LogP contribution in [0.15, 0.2) is 47.9 Å². The van der Waals surface area contributed by atoms with Crippen LogP contribution in [-0.4, -0.2) is 52.0 Å². The third kappa shape index (κ3) is 3.79. The first-order valence-electron chi connectivity index (χ1n) is 9.13. The summed E-state index contributed by atoms with van der Waals surface area (Å²) in [6.45, 7) is 1.80.